The Hall–Kier alpha value is -0.570. The average Bonchev–Trinajstić information content (AvgIpc) is 2.41. The zero-order valence-corrected chi connectivity index (χ0v) is 12.8. The lowest BCUT2D eigenvalue weighted by Gasteiger charge is -2.36. The predicted molar refractivity (Wildman–Crippen MR) is 82.8 cm³/mol. The van der Waals surface area contributed by atoms with E-state index in [1.54, 1.807) is 0 Å². The van der Waals surface area contributed by atoms with Crippen LogP contribution in [0.4, 0.5) is 0 Å². The Balaban J connectivity index is 2.02. The molecule has 1 N–H and O–H groups in total. The van der Waals surface area contributed by atoms with E-state index in [1.807, 2.05) is 13.1 Å². The van der Waals surface area contributed by atoms with Crippen molar-refractivity contribution in [1.29, 1.82) is 0 Å². The number of halogens is 1. The number of likely N-dealkylation sites (tertiary alicyclic amines) is 1. The standard InChI is InChI=1S/C16H25ClN2/c1-13-11-15(17)7-6-14(13)12-19-10-4-3-5-16(19)8-9-18-2/h6-7,11,16,18H,3-5,8-10,12H2,1-2H3. The van der Waals surface area contributed by atoms with Crippen LogP contribution >= 0.6 is 11.6 Å². The van der Waals surface area contributed by atoms with Crippen molar-refractivity contribution in [3.8, 4) is 0 Å². The molecule has 0 saturated carbocycles. The SMILES string of the molecule is CNCCC1CCCCN1Cc1ccc(Cl)cc1C. The predicted octanol–water partition coefficient (Wildman–Crippen LogP) is 3.61. The van der Waals surface area contributed by atoms with Crippen molar-refractivity contribution in [2.24, 2.45) is 0 Å². The van der Waals surface area contributed by atoms with Crippen LogP contribution in [0.3, 0.4) is 0 Å². The van der Waals surface area contributed by atoms with Crippen molar-refractivity contribution in [3.05, 3.63) is 34.3 Å². The molecular weight excluding hydrogens is 256 g/mol. The van der Waals surface area contributed by atoms with Gasteiger partial charge in [0, 0.05) is 17.6 Å². The molecule has 1 heterocycles. The first-order valence-electron chi connectivity index (χ1n) is 7.34. The van der Waals surface area contributed by atoms with Crippen LogP contribution in [0.1, 0.15) is 36.8 Å². The van der Waals surface area contributed by atoms with Crippen LogP contribution in [0, 0.1) is 6.92 Å². The van der Waals surface area contributed by atoms with Gasteiger partial charge < -0.3 is 5.32 Å². The van der Waals surface area contributed by atoms with Gasteiger partial charge in [0.1, 0.15) is 0 Å². The molecule has 1 unspecified atom stereocenters. The number of benzene rings is 1. The fourth-order valence-corrected chi connectivity index (χ4v) is 3.19. The zero-order valence-electron chi connectivity index (χ0n) is 12.1. The highest BCUT2D eigenvalue weighted by atomic mass is 35.5. The number of nitrogens with zero attached hydrogens (tertiary/aromatic N) is 1. The van der Waals surface area contributed by atoms with Gasteiger partial charge in [-0.3, -0.25) is 4.90 Å². The summed E-state index contributed by atoms with van der Waals surface area (Å²) < 4.78 is 0. The van der Waals surface area contributed by atoms with Crippen LogP contribution in [-0.2, 0) is 6.54 Å². The number of aryl methyl sites for hydroxylation is 1. The summed E-state index contributed by atoms with van der Waals surface area (Å²) in [6, 6.07) is 7.00. The first kappa shape index (κ1) is 14.8. The highest BCUT2D eigenvalue weighted by Gasteiger charge is 2.22. The number of hydrogen-bond donors (Lipinski definition) is 1. The molecule has 1 aliphatic rings. The van der Waals surface area contributed by atoms with E-state index in [0.29, 0.717) is 0 Å². The molecular formula is C16H25ClN2. The van der Waals surface area contributed by atoms with Crippen molar-refractivity contribution >= 4 is 11.6 Å². The molecule has 1 fully saturated rings. The minimum atomic E-state index is 0.733. The average molecular weight is 281 g/mol. The molecule has 0 bridgehead atoms. The van der Waals surface area contributed by atoms with Gasteiger partial charge in [0.25, 0.3) is 0 Å². The van der Waals surface area contributed by atoms with Crippen LogP contribution in [0.2, 0.25) is 5.02 Å². The van der Waals surface area contributed by atoms with Gasteiger partial charge in [-0.15, -0.1) is 0 Å². The number of rotatable bonds is 5. The van der Waals surface area contributed by atoms with Crippen molar-refractivity contribution < 1.29 is 0 Å². The summed E-state index contributed by atoms with van der Waals surface area (Å²) in [5.41, 5.74) is 2.73. The monoisotopic (exact) mass is 280 g/mol. The fourth-order valence-electron chi connectivity index (χ4n) is 2.96. The summed E-state index contributed by atoms with van der Waals surface area (Å²) in [4.78, 5) is 2.65. The molecule has 1 aliphatic heterocycles. The second-order valence-corrected chi connectivity index (χ2v) is 6.02. The molecule has 19 heavy (non-hydrogen) atoms. The molecule has 0 radical (unpaired) electrons. The van der Waals surface area contributed by atoms with Gasteiger partial charge >= 0.3 is 0 Å². The summed E-state index contributed by atoms with van der Waals surface area (Å²) >= 11 is 6.04. The maximum atomic E-state index is 6.04. The van der Waals surface area contributed by atoms with E-state index in [9.17, 15) is 0 Å². The Labute approximate surface area is 122 Å². The lowest BCUT2D eigenvalue weighted by atomic mass is 9.97. The number of hydrogen-bond acceptors (Lipinski definition) is 2. The second-order valence-electron chi connectivity index (χ2n) is 5.58. The summed E-state index contributed by atoms with van der Waals surface area (Å²) in [5, 5.41) is 4.11. The van der Waals surface area contributed by atoms with Crippen molar-refractivity contribution in [3.63, 3.8) is 0 Å². The van der Waals surface area contributed by atoms with Gasteiger partial charge in [-0.25, -0.2) is 0 Å². The first-order valence-corrected chi connectivity index (χ1v) is 7.72. The maximum Gasteiger partial charge on any atom is 0.0408 e. The summed E-state index contributed by atoms with van der Waals surface area (Å²) in [6.45, 7) is 5.57. The van der Waals surface area contributed by atoms with Crippen LogP contribution in [-0.4, -0.2) is 31.1 Å². The van der Waals surface area contributed by atoms with E-state index in [-0.39, 0.29) is 0 Å². The van der Waals surface area contributed by atoms with E-state index in [1.165, 1.54) is 43.4 Å². The molecule has 0 amide bonds. The topological polar surface area (TPSA) is 15.3 Å². The van der Waals surface area contributed by atoms with E-state index in [0.717, 1.165) is 24.2 Å². The maximum absolute atomic E-state index is 6.04. The normalized spacial score (nSPS) is 20.7. The minimum absolute atomic E-state index is 0.733. The van der Waals surface area contributed by atoms with Gasteiger partial charge in [0.15, 0.2) is 0 Å². The van der Waals surface area contributed by atoms with E-state index in [4.69, 9.17) is 11.6 Å². The van der Waals surface area contributed by atoms with Gasteiger partial charge in [0.2, 0.25) is 0 Å². The molecule has 0 aliphatic carbocycles. The molecule has 106 valence electrons. The van der Waals surface area contributed by atoms with Crippen LogP contribution < -0.4 is 5.32 Å². The van der Waals surface area contributed by atoms with Crippen LogP contribution in [0.25, 0.3) is 0 Å². The summed E-state index contributed by atoms with van der Waals surface area (Å²) in [6.07, 6.45) is 5.31. The highest BCUT2D eigenvalue weighted by molar-refractivity contribution is 6.30. The summed E-state index contributed by atoms with van der Waals surface area (Å²) in [5.74, 6) is 0. The molecule has 1 aromatic carbocycles. The Morgan fingerprint density at radius 2 is 2.21 bits per heavy atom. The Morgan fingerprint density at radius 3 is 2.95 bits per heavy atom. The highest BCUT2D eigenvalue weighted by Crippen LogP contribution is 2.24. The minimum Gasteiger partial charge on any atom is -0.320 e. The molecule has 0 aromatic heterocycles. The first-order chi connectivity index (χ1) is 9.20. The van der Waals surface area contributed by atoms with Crippen LogP contribution in [0.5, 0.6) is 0 Å². The lowest BCUT2D eigenvalue weighted by Crippen LogP contribution is -2.40. The fraction of sp³-hybridized carbons (Fsp3) is 0.625. The van der Waals surface area contributed by atoms with E-state index >= 15 is 0 Å². The number of piperidine rings is 1. The summed E-state index contributed by atoms with van der Waals surface area (Å²) in [7, 11) is 2.04. The quantitative estimate of drug-likeness (QED) is 0.886. The third-order valence-electron chi connectivity index (χ3n) is 4.15. The van der Waals surface area contributed by atoms with Crippen molar-refractivity contribution in [2.75, 3.05) is 20.1 Å². The lowest BCUT2D eigenvalue weighted by molar-refractivity contribution is 0.132. The molecule has 2 rings (SSSR count). The molecule has 1 aromatic rings. The smallest absolute Gasteiger partial charge is 0.0408 e. The van der Waals surface area contributed by atoms with E-state index < -0.39 is 0 Å². The third-order valence-corrected chi connectivity index (χ3v) is 4.39. The Bertz CT molecular complexity index is 406. The molecule has 1 saturated heterocycles. The van der Waals surface area contributed by atoms with Gasteiger partial charge in [-0.05, 0) is 69.6 Å². The van der Waals surface area contributed by atoms with Crippen molar-refractivity contribution in [1.82, 2.24) is 10.2 Å². The Morgan fingerprint density at radius 1 is 1.37 bits per heavy atom. The van der Waals surface area contributed by atoms with Gasteiger partial charge in [-0.2, -0.15) is 0 Å². The van der Waals surface area contributed by atoms with Crippen molar-refractivity contribution in [2.45, 2.75) is 45.2 Å². The van der Waals surface area contributed by atoms with Gasteiger partial charge in [0.05, 0.1) is 0 Å². The van der Waals surface area contributed by atoms with E-state index in [2.05, 4.69) is 29.3 Å². The molecule has 2 nitrogen and oxygen atoms in total. The molecule has 1 atom stereocenters. The number of nitrogens with one attached hydrogen (secondary N) is 1. The third kappa shape index (κ3) is 4.20. The molecule has 0 spiro atoms. The Kier molecular flexibility index (Phi) is 5.68. The zero-order chi connectivity index (χ0) is 13.7. The van der Waals surface area contributed by atoms with Gasteiger partial charge in [-0.1, -0.05) is 24.1 Å². The van der Waals surface area contributed by atoms with Crippen LogP contribution in [0.15, 0.2) is 18.2 Å². The molecule has 3 heteroatoms. The second kappa shape index (κ2) is 7.28. The largest absolute Gasteiger partial charge is 0.320 e.